The predicted octanol–water partition coefficient (Wildman–Crippen LogP) is 6.37. The van der Waals surface area contributed by atoms with Gasteiger partial charge in [0.25, 0.3) is 5.91 Å². The van der Waals surface area contributed by atoms with Crippen molar-refractivity contribution in [3.05, 3.63) is 89.6 Å². The molecule has 3 aromatic carbocycles. The summed E-state index contributed by atoms with van der Waals surface area (Å²) < 4.78 is 35.5. The summed E-state index contributed by atoms with van der Waals surface area (Å²) in [6, 6.07) is 17.8. The second kappa shape index (κ2) is 13.7. The average molecular weight is 710 g/mol. The Hall–Kier alpha value is -5.30. The zero-order valence-corrected chi connectivity index (χ0v) is 30.4. The number of hydrogen-bond donors (Lipinski definition) is 0. The van der Waals surface area contributed by atoms with Crippen molar-refractivity contribution in [3.63, 3.8) is 0 Å². The Morgan fingerprint density at radius 2 is 1.67 bits per heavy atom. The van der Waals surface area contributed by atoms with Crippen LogP contribution in [-0.4, -0.2) is 92.1 Å². The highest BCUT2D eigenvalue weighted by atomic mass is 19.1. The van der Waals surface area contributed by atoms with Gasteiger partial charge in [0.15, 0.2) is 0 Å². The van der Waals surface area contributed by atoms with E-state index in [4.69, 9.17) is 19.3 Å². The van der Waals surface area contributed by atoms with Crippen LogP contribution in [0.3, 0.4) is 0 Å². The molecule has 0 aliphatic carbocycles. The van der Waals surface area contributed by atoms with E-state index in [9.17, 15) is 9.18 Å². The van der Waals surface area contributed by atoms with E-state index in [1.807, 2.05) is 82.1 Å². The molecule has 0 bridgehead atoms. The number of ether oxygens (including phenoxy) is 3. The van der Waals surface area contributed by atoms with Crippen LogP contribution in [0.2, 0.25) is 0 Å². The fraction of sp³-hybridized carbons (Fsp3) is 0.410. The molecule has 13 heteroatoms. The number of carbonyl (C=O) groups excluding carboxylic acids is 2. The number of benzene rings is 3. The van der Waals surface area contributed by atoms with E-state index < -0.39 is 29.1 Å². The van der Waals surface area contributed by atoms with Crippen LogP contribution in [0.4, 0.5) is 9.18 Å². The molecule has 7 rings (SSSR count). The molecule has 2 aliphatic rings. The normalized spacial score (nSPS) is 17.7. The molecule has 2 amide bonds. The molecule has 2 saturated heterocycles. The topological polar surface area (TPSA) is 117 Å². The summed E-state index contributed by atoms with van der Waals surface area (Å²) in [6.45, 7) is 10.7. The van der Waals surface area contributed by atoms with Crippen LogP contribution in [0.25, 0.3) is 27.7 Å². The summed E-state index contributed by atoms with van der Waals surface area (Å²) in [6.07, 6.45) is 1.98. The van der Waals surface area contributed by atoms with Gasteiger partial charge in [-0.1, -0.05) is 41.6 Å². The maximum atomic E-state index is 15.3. The third-order valence-corrected chi connectivity index (χ3v) is 10.1. The van der Waals surface area contributed by atoms with Crippen LogP contribution in [0.1, 0.15) is 56.6 Å². The van der Waals surface area contributed by atoms with Gasteiger partial charge < -0.3 is 24.0 Å². The van der Waals surface area contributed by atoms with Gasteiger partial charge in [0, 0.05) is 41.8 Å². The highest BCUT2D eigenvalue weighted by Crippen LogP contribution is 2.40. The molecule has 2 aromatic heterocycles. The summed E-state index contributed by atoms with van der Waals surface area (Å²) in [5, 5.41) is 15.8. The number of likely N-dealkylation sites (tertiary alicyclic amines) is 1. The van der Waals surface area contributed by atoms with Gasteiger partial charge in [-0.25, -0.2) is 18.5 Å². The van der Waals surface area contributed by atoms with Crippen molar-refractivity contribution in [1.29, 1.82) is 0 Å². The number of methoxy groups -OCH3 is 1. The number of hydrogen-bond acceptors (Lipinski definition) is 8. The lowest BCUT2D eigenvalue weighted by molar-refractivity contribution is -0.153. The van der Waals surface area contributed by atoms with Crippen LogP contribution in [0.15, 0.2) is 66.9 Å². The summed E-state index contributed by atoms with van der Waals surface area (Å²) >= 11 is 0. The number of amides is 2. The highest BCUT2D eigenvalue weighted by Gasteiger charge is 2.50. The lowest BCUT2D eigenvalue weighted by Crippen LogP contribution is -2.59. The largest absolute Gasteiger partial charge is 0.496 e. The van der Waals surface area contributed by atoms with E-state index in [1.165, 1.54) is 6.07 Å². The average Bonchev–Trinajstić information content (AvgIpc) is 3.74. The Morgan fingerprint density at radius 1 is 0.962 bits per heavy atom. The standard InChI is InChI=1S/C39H44FN7O5/c1-25-35(26(2)47(42-25)32-14-10-9-13-30(32)40)33-24-51-22-21-45(33)36(48)39(17-19-44(20-18-39)37(49)52-38(3,4)5)46-23-31(41-43-46)28-15-16-34(50-6)29-12-8-7-11-27(28)29/h7-16,23,33H,17-22,24H2,1-6H3. The van der Waals surface area contributed by atoms with Gasteiger partial charge in [-0.05, 0) is 77.1 Å². The van der Waals surface area contributed by atoms with Crippen molar-refractivity contribution in [2.45, 2.75) is 64.6 Å². The first-order chi connectivity index (χ1) is 24.9. The Balaban J connectivity index is 1.28. The number of morpholine rings is 1. The monoisotopic (exact) mass is 709 g/mol. The lowest BCUT2D eigenvalue weighted by atomic mass is 9.84. The molecule has 1 atom stereocenters. The number of halogens is 1. The van der Waals surface area contributed by atoms with Gasteiger partial charge in [0.2, 0.25) is 0 Å². The van der Waals surface area contributed by atoms with Crippen LogP contribution in [0, 0.1) is 19.7 Å². The maximum absolute atomic E-state index is 15.3. The van der Waals surface area contributed by atoms with E-state index in [0.29, 0.717) is 30.2 Å². The highest BCUT2D eigenvalue weighted by molar-refractivity contribution is 5.99. The van der Waals surface area contributed by atoms with Gasteiger partial charge in [-0.2, -0.15) is 5.10 Å². The van der Waals surface area contributed by atoms with Gasteiger partial charge >= 0.3 is 6.09 Å². The number of carbonyl (C=O) groups is 2. The number of piperidine rings is 1. The molecule has 52 heavy (non-hydrogen) atoms. The van der Waals surface area contributed by atoms with Gasteiger partial charge in [0.1, 0.15) is 34.1 Å². The van der Waals surface area contributed by atoms with Crippen molar-refractivity contribution in [1.82, 2.24) is 34.6 Å². The van der Waals surface area contributed by atoms with E-state index in [0.717, 1.165) is 33.3 Å². The van der Waals surface area contributed by atoms with Gasteiger partial charge in [-0.15, -0.1) is 5.10 Å². The molecule has 2 aliphatic heterocycles. The van der Waals surface area contributed by atoms with Crippen LogP contribution in [0.5, 0.6) is 5.75 Å². The lowest BCUT2D eigenvalue weighted by Gasteiger charge is -2.45. The number of rotatable bonds is 6. The number of fused-ring (bicyclic) bond motifs is 1. The molecule has 0 saturated carbocycles. The van der Waals surface area contributed by atoms with E-state index in [1.54, 1.807) is 39.6 Å². The Labute approximate surface area is 302 Å². The van der Waals surface area contributed by atoms with Crippen molar-refractivity contribution >= 4 is 22.8 Å². The smallest absolute Gasteiger partial charge is 0.410 e. The molecule has 2 fully saturated rings. The SMILES string of the molecule is COc1ccc(-c2cn(C3(C(=O)N4CCOCC4c4c(C)nn(-c5ccccc5F)c4C)CCN(C(=O)OC(C)(C)C)CC3)nn2)c2ccccc12. The van der Waals surface area contributed by atoms with Crippen LogP contribution < -0.4 is 4.74 Å². The van der Waals surface area contributed by atoms with Crippen molar-refractivity contribution in [3.8, 4) is 22.7 Å². The first-order valence-electron chi connectivity index (χ1n) is 17.6. The van der Waals surface area contributed by atoms with E-state index in [2.05, 4.69) is 10.3 Å². The second-order valence-electron chi connectivity index (χ2n) is 14.4. The fourth-order valence-corrected chi connectivity index (χ4v) is 7.54. The van der Waals surface area contributed by atoms with Crippen molar-refractivity contribution < 1.29 is 28.2 Å². The van der Waals surface area contributed by atoms with E-state index in [-0.39, 0.29) is 38.4 Å². The first-order valence-corrected chi connectivity index (χ1v) is 17.6. The van der Waals surface area contributed by atoms with Crippen molar-refractivity contribution in [2.75, 3.05) is 40.0 Å². The minimum Gasteiger partial charge on any atom is -0.496 e. The minimum absolute atomic E-state index is 0.155. The second-order valence-corrected chi connectivity index (χ2v) is 14.4. The van der Waals surface area contributed by atoms with Crippen molar-refractivity contribution in [2.24, 2.45) is 0 Å². The summed E-state index contributed by atoms with van der Waals surface area (Å²) in [5.74, 6) is 0.197. The number of aryl methyl sites for hydroxylation is 1. The molecule has 12 nitrogen and oxygen atoms in total. The summed E-state index contributed by atoms with van der Waals surface area (Å²) in [5.41, 5.74) is 2.16. The zero-order chi connectivity index (χ0) is 36.8. The molecular weight excluding hydrogens is 665 g/mol. The fourth-order valence-electron chi connectivity index (χ4n) is 7.54. The van der Waals surface area contributed by atoms with Gasteiger partial charge in [0.05, 0.1) is 38.3 Å². The number of nitrogens with zero attached hydrogens (tertiary/aromatic N) is 7. The molecule has 5 aromatic rings. The molecule has 0 radical (unpaired) electrons. The Morgan fingerprint density at radius 3 is 2.38 bits per heavy atom. The zero-order valence-electron chi connectivity index (χ0n) is 30.4. The first kappa shape index (κ1) is 35.1. The number of aromatic nitrogens is 5. The van der Waals surface area contributed by atoms with E-state index >= 15 is 4.79 Å². The van der Waals surface area contributed by atoms with Gasteiger partial charge in [-0.3, -0.25) is 4.79 Å². The van der Waals surface area contributed by atoms with Crippen LogP contribution >= 0.6 is 0 Å². The summed E-state index contributed by atoms with van der Waals surface area (Å²) in [4.78, 5) is 32.0. The molecule has 0 spiro atoms. The quantitative estimate of drug-likeness (QED) is 0.200. The predicted molar refractivity (Wildman–Crippen MR) is 193 cm³/mol. The molecule has 4 heterocycles. The molecule has 272 valence electrons. The Bertz CT molecular complexity index is 2130. The minimum atomic E-state index is -1.18. The number of para-hydroxylation sites is 1. The molecule has 0 N–H and O–H groups in total. The molecular formula is C39H44FN7O5. The summed E-state index contributed by atoms with van der Waals surface area (Å²) in [7, 11) is 1.64. The Kier molecular flexibility index (Phi) is 9.24. The third-order valence-electron chi connectivity index (χ3n) is 10.1. The molecule has 1 unspecified atom stereocenters. The maximum Gasteiger partial charge on any atom is 0.410 e. The van der Waals surface area contributed by atoms with Crippen LogP contribution in [-0.2, 0) is 19.8 Å². The third kappa shape index (κ3) is 6.27.